The van der Waals surface area contributed by atoms with Crippen molar-refractivity contribution in [2.24, 2.45) is 34.3 Å². The van der Waals surface area contributed by atoms with Gasteiger partial charge in [0.2, 0.25) is 0 Å². The number of fused-ring (bicyclic) bond motifs is 3. The molecule has 1 spiro atoms. The van der Waals surface area contributed by atoms with Gasteiger partial charge in [-0.3, -0.25) is 14.0 Å². The van der Waals surface area contributed by atoms with Crippen molar-refractivity contribution in [3.63, 3.8) is 0 Å². The number of carbonyl (C=O) groups excluding carboxylic acids is 2. The first-order valence-corrected chi connectivity index (χ1v) is 11.3. The lowest BCUT2D eigenvalue weighted by Gasteiger charge is -2.49. The Morgan fingerprint density at radius 1 is 1.13 bits per heavy atom. The summed E-state index contributed by atoms with van der Waals surface area (Å²) in [5, 5.41) is 5.98. The number of hydrogen-bond donors (Lipinski definition) is 3. The molecule has 0 radical (unpaired) electrons. The van der Waals surface area contributed by atoms with Gasteiger partial charge in [0.05, 0.1) is 0 Å². The third-order valence-corrected chi connectivity index (χ3v) is 8.60. The molecule has 0 aromatic carbocycles. The minimum absolute atomic E-state index is 0.0903. The van der Waals surface area contributed by atoms with Crippen LogP contribution in [0.4, 0.5) is 0 Å². The predicted molar refractivity (Wildman–Crippen MR) is 112 cm³/mol. The minimum atomic E-state index is -0.276. The van der Waals surface area contributed by atoms with E-state index in [-0.39, 0.29) is 11.8 Å². The fraction of sp³-hybridized carbons (Fsp3) is 0.609. The van der Waals surface area contributed by atoms with Crippen molar-refractivity contribution in [2.45, 2.75) is 38.5 Å². The van der Waals surface area contributed by atoms with Crippen molar-refractivity contribution in [3.05, 3.63) is 35.8 Å². The van der Waals surface area contributed by atoms with Gasteiger partial charge in [-0.25, -0.2) is 4.98 Å². The largest absolute Gasteiger partial charge is 0.350 e. The molecule has 4 saturated carbocycles. The number of imidazole rings is 1. The second-order valence-electron chi connectivity index (χ2n) is 10.2. The summed E-state index contributed by atoms with van der Waals surface area (Å²) in [5.74, 6) is 2.38. The first-order valence-electron chi connectivity index (χ1n) is 11.3. The zero-order valence-corrected chi connectivity index (χ0v) is 17.2. The molecule has 0 aliphatic heterocycles. The highest BCUT2D eigenvalue weighted by atomic mass is 16.2. The number of amides is 2. The Balaban J connectivity index is 1.20. The van der Waals surface area contributed by atoms with Crippen LogP contribution in [0.2, 0.25) is 0 Å². The molecule has 2 aromatic heterocycles. The standard InChI is InChI=1S/C23H29N5O2/c24-4-5-25-20(29)17-11-28-18(2-1-3-19(28)27-17)21(30)26-13-22-8-14-6-15-7-16(10-22)23(15,9-14)12-22/h1-3,11,14-16H,4-10,12-13,24H2,(H,25,29)(H,26,30). The van der Waals surface area contributed by atoms with E-state index in [1.807, 2.05) is 12.1 Å². The van der Waals surface area contributed by atoms with Crippen LogP contribution in [0.3, 0.4) is 0 Å². The maximum Gasteiger partial charge on any atom is 0.271 e. The van der Waals surface area contributed by atoms with Crippen molar-refractivity contribution >= 4 is 17.5 Å². The van der Waals surface area contributed by atoms with Crippen LogP contribution < -0.4 is 16.4 Å². The Morgan fingerprint density at radius 2 is 2.03 bits per heavy atom. The fourth-order valence-corrected chi connectivity index (χ4v) is 7.68. The van der Waals surface area contributed by atoms with Gasteiger partial charge < -0.3 is 16.4 Å². The molecule has 7 nitrogen and oxygen atoms in total. The molecule has 0 saturated heterocycles. The van der Waals surface area contributed by atoms with Crippen molar-refractivity contribution < 1.29 is 9.59 Å². The monoisotopic (exact) mass is 407 g/mol. The van der Waals surface area contributed by atoms with Gasteiger partial charge in [0.25, 0.3) is 11.8 Å². The Morgan fingerprint density at radius 3 is 2.90 bits per heavy atom. The average molecular weight is 408 g/mol. The maximum atomic E-state index is 13.1. The fourth-order valence-electron chi connectivity index (χ4n) is 7.68. The van der Waals surface area contributed by atoms with Crippen LogP contribution in [0.5, 0.6) is 0 Å². The van der Waals surface area contributed by atoms with E-state index in [1.165, 1.54) is 38.5 Å². The summed E-state index contributed by atoms with van der Waals surface area (Å²) in [6.07, 6.45) is 9.82. The number of nitrogens with one attached hydrogen (secondary N) is 2. The van der Waals surface area contributed by atoms with E-state index < -0.39 is 0 Å². The minimum Gasteiger partial charge on any atom is -0.350 e. The molecule has 5 atom stereocenters. The van der Waals surface area contributed by atoms with Crippen LogP contribution in [-0.2, 0) is 0 Å². The van der Waals surface area contributed by atoms with Crippen molar-refractivity contribution in [1.82, 2.24) is 20.0 Å². The lowest BCUT2D eigenvalue weighted by Crippen LogP contribution is -2.43. The van der Waals surface area contributed by atoms with Gasteiger partial charge in [-0.05, 0) is 79.2 Å². The van der Waals surface area contributed by atoms with E-state index in [9.17, 15) is 9.59 Å². The van der Waals surface area contributed by atoms with Crippen LogP contribution in [0.15, 0.2) is 24.4 Å². The summed E-state index contributed by atoms with van der Waals surface area (Å²) in [4.78, 5) is 29.7. The molecule has 4 N–H and O–H groups in total. The van der Waals surface area contributed by atoms with Crippen LogP contribution in [-0.4, -0.2) is 40.8 Å². The van der Waals surface area contributed by atoms with Crippen molar-refractivity contribution in [1.29, 1.82) is 0 Å². The number of aromatic nitrogens is 2. The molecule has 2 heterocycles. The zero-order valence-electron chi connectivity index (χ0n) is 17.2. The van der Waals surface area contributed by atoms with E-state index in [2.05, 4.69) is 15.6 Å². The van der Waals surface area contributed by atoms with Crippen molar-refractivity contribution in [3.8, 4) is 0 Å². The molecule has 6 rings (SSSR count). The first kappa shape index (κ1) is 18.4. The van der Waals surface area contributed by atoms with Crippen molar-refractivity contribution in [2.75, 3.05) is 19.6 Å². The first-order chi connectivity index (χ1) is 14.5. The molecule has 3 bridgehead atoms. The number of hydrogen-bond acceptors (Lipinski definition) is 4. The molecule has 30 heavy (non-hydrogen) atoms. The molecule has 2 aromatic rings. The van der Waals surface area contributed by atoms with Crippen LogP contribution in [0.25, 0.3) is 5.65 Å². The van der Waals surface area contributed by atoms with Gasteiger partial charge in [-0.15, -0.1) is 0 Å². The Bertz CT molecular complexity index is 1040. The van der Waals surface area contributed by atoms with E-state index >= 15 is 0 Å². The lowest BCUT2D eigenvalue weighted by atomic mass is 9.55. The topological polar surface area (TPSA) is 102 Å². The average Bonchev–Trinajstić information content (AvgIpc) is 3.31. The van der Waals surface area contributed by atoms with Gasteiger partial charge in [-0.2, -0.15) is 0 Å². The second-order valence-corrected chi connectivity index (χ2v) is 10.2. The third kappa shape index (κ3) is 2.51. The quantitative estimate of drug-likeness (QED) is 0.681. The molecule has 2 amide bonds. The summed E-state index contributed by atoms with van der Waals surface area (Å²) >= 11 is 0. The summed E-state index contributed by atoms with van der Waals surface area (Å²) in [6, 6.07) is 5.42. The third-order valence-electron chi connectivity index (χ3n) is 8.60. The number of carbonyl (C=O) groups is 2. The molecule has 5 unspecified atom stereocenters. The molecular formula is C23H29N5O2. The SMILES string of the molecule is NCCNC(=O)c1cn2c(C(=O)NCC34CC5CC6CC(C3)C6(C5)C4)cccc2n1. The number of rotatable bonds is 6. The Kier molecular flexibility index (Phi) is 3.85. The molecule has 4 aliphatic rings. The van der Waals surface area contributed by atoms with Gasteiger partial charge in [0.1, 0.15) is 17.0 Å². The number of nitrogens with zero attached hydrogens (tertiary/aromatic N) is 2. The van der Waals surface area contributed by atoms with Crippen LogP contribution >= 0.6 is 0 Å². The maximum absolute atomic E-state index is 13.1. The second kappa shape index (κ2) is 6.30. The molecule has 158 valence electrons. The Hall–Kier alpha value is -2.41. The summed E-state index contributed by atoms with van der Waals surface area (Å²) in [6.45, 7) is 1.53. The zero-order chi connectivity index (χ0) is 20.5. The van der Waals surface area contributed by atoms with Gasteiger partial charge in [0.15, 0.2) is 0 Å². The van der Waals surface area contributed by atoms with E-state index in [0.29, 0.717) is 41.0 Å². The predicted octanol–water partition coefficient (Wildman–Crippen LogP) is 1.97. The van der Waals surface area contributed by atoms with Crippen LogP contribution in [0, 0.1) is 28.6 Å². The smallest absolute Gasteiger partial charge is 0.271 e. The highest BCUT2D eigenvalue weighted by Gasteiger charge is 2.70. The summed E-state index contributed by atoms with van der Waals surface area (Å²) in [5.41, 5.74) is 7.78. The lowest BCUT2D eigenvalue weighted by molar-refractivity contribution is -0.00254. The molecule has 4 aliphatic carbocycles. The Labute approximate surface area is 175 Å². The van der Waals surface area contributed by atoms with Gasteiger partial charge >= 0.3 is 0 Å². The molecule has 4 fully saturated rings. The summed E-state index contributed by atoms with van der Waals surface area (Å²) < 4.78 is 1.71. The molecular weight excluding hydrogens is 378 g/mol. The molecule has 7 heteroatoms. The highest BCUT2D eigenvalue weighted by Crippen LogP contribution is 2.78. The van der Waals surface area contributed by atoms with E-state index in [0.717, 1.165) is 24.3 Å². The number of pyridine rings is 1. The van der Waals surface area contributed by atoms with E-state index in [1.54, 1.807) is 16.7 Å². The van der Waals surface area contributed by atoms with Gasteiger partial charge in [0, 0.05) is 25.8 Å². The normalized spacial score (nSPS) is 35.3. The summed E-state index contributed by atoms with van der Waals surface area (Å²) in [7, 11) is 0. The number of nitrogens with two attached hydrogens (primary N) is 1. The van der Waals surface area contributed by atoms with Crippen LogP contribution in [0.1, 0.15) is 59.5 Å². The van der Waals surface area contributed by atoms with Gasteiger partial charge in [-0.1, -0.05) is 6.07 Å². The van der Waals surface area contributed by atoms with E-state index in [4.69, 9.17) is 5.73 Å². The highest BCUT2D eigenvalue weighted by molar-refractivity contribution is 5.95.